The molecule has 27 heavy (non-hydrogen) atoms. The van der Waals surface area contributed by atoms with E-state index in [2.05, 4.69) is 10.6 Å². The molecule has 0 spiro atoms. The van der Waals surface area contributed by atoms with E-state index in [1.165, 1.54) is 7.11 Å². The first-order valence-corrected chi connectivity index (χ1v) is 10.0. The number of nitrogens with one attached hydrogen (secondary N) is 2. The van der Waals surface area contributed by atoms with E-state index in [4.69, 9.17) is 9.47 Å². The van der Waals surface area contributed by atoms with Crippen molar-refractivity contribution in [1.82, 2.24) is 10.6 Å². The number of hydrogen-bond acceptors (Lipinski definition) is 5. The summed E-state index contributed by atoms with van der Waals surface area (Å²) in [4.78, 5) is 36.1. The van der Waals surface area contributed by atoms with Crippen LogP contribution in [0.1, 0.15) is 72.6 Å². The van der Waals surface area contributed by atoms with Crippen molar-refractivity contribution in [3.05, 3.63) is 0 Å². The third-order valence-electron chi connectivity index (χ3n) is 4.80. The Kier molecular flexibility index (Phi) is 9.60. The van der Waals surface area contributed by atoms with Gasteiger partial charge in [-0.25, -0.2) is 9.59 Å². The highest BCUT2D eigenvalue weighted by Crippen LogP contribution is 2.28. The predicted molar refractivity (Wildman–Crippen MR) is 103 cm³/mol. The second kappa shape index (κ2) is 11.1. The maximum absolute atomic E-state index is 12.5. The molecule has 1 saturated carbocycles. The molecule has 1 fully saturated rings. The van der Waals surface area contributed by atoms with Gasteiger partial charge in [0.25, 0.3) is 0 Å². The molecular weight excluding hydrogens is 348 g/mol. The number of unbranched alkanes of at least 4 members (excludes halogenated alkanes) is 1. The standard InChI is InChI=1S/C20H36N2O5/c1-6-7-8-16(18(24)26-5)22-17(23)15-11-9-14(10-12-15)13-21-19(25)27-20(2,3)4/h14-16H,6-13H2,1-5H3,(H,21,25)(H,22,23)/t14?,15?,16-/m1/s1. The van der Waals surface area contributed by atoms with Gasteiger partial charge < -0.3 is 20.1 Å². The maximum Gasteiger partial charge on any atom is 0.407 e. The number of rotatable bonds is 8. The van der Waals surface area contributed by atoms with Crippen molar-refractivity contribution in [3.63, 3.8) is 0 Å². The lowest BCUT2D eigenvalue weighted by Gasteiger charge is -2.29. The van der Waals surface area contributed by atoms with Crippen molar-refractivity contribution in [2.75, 3.05) is 13.7 Å². The van der Waals surface area contributed by atoms with Gasteiger partial charge >= 0.3 is 12.1 Å². The summed E-state index contributed by atoms with van der Waals surface area (Å²) in [6.45, 7) is 8.10. The van der Waals surface area contributed by atoms with Gasteiger partial charge in [0.05, 0.1) is 7.11 Å². The van der Waals surface area contributed by atoms with Crippen LogP contribution in [0.3, 0.4) is 0 Å². The zero-order chi connectivity index (χ0) is 20.4. The second-order valence-corrected chi connectivity index (χ2v) is 8.33. The number of amides is 2. The van der Waals surface area contributed by atoms with Crippen molar-refractivity contribution in [2.24, 2.45) is 11.8 Å². The normalized spacial score (nSPS) is 21.1. The van der Waals surface area contributed by atoms with Crippen molar-refractivity contribution >= 4 is 18.0 Å². The number of methoxy groups -OCH3 is 1. The smallest absolute Gasteiger partial charge is 0.407 e. The third-order valence-corrected chi connectivity index (χ3v) is 4.80. The minimum Gasteiger partial charge on any atom is -0.467 e. The Morgan fingerprint density at radius 1 is 1.11 bits per heavy atom. The van der Waals surface area contributed by atoms with Gasteiger partial charge in [-0.05, 0) is 58.8 Å². The first-order valence-electron chi connectivity index (χ1n) is 10.0. The van der Waals surface area contributed by atoms with Crippen LogP contribution < -0.4 is 10.6 Å². The quantitative estimate of drug-likeness (QED) is 0.627. The molecule has 1 aliphatic carbocycles. The second-order valence-electron chi connectivity index (χ2n) is 8.33. The molecule has 7 heteroatoms. The van der Waals surface area contributed by atoms with Gasteiger partial charge in [0, 0.05) is 12.5 Å². The van der Waals surface area contributed by atoms with Crippen molar-refractivity contribution < 1.29 is 23.9 Å². The number of alkyl carbamates (subject to hydrolysis) is 1. The van der Waals surface area contributed by atoms with E-state index in [9.17, 15) is 14.4 Å². The van der Waals surface area contributed by atoms with Crippen LogP contribution in [0.4, 0.5) is 4.79 Å². The topological polar surface area (TPSA) is 93.7 Å². The van der Waals surface area contributed by atoms with Crippen LogP contribution in [0.5, 0.6) is 0 Å². The Hall–Kier alpha value is -1.79. The van der Waals surface area contributed by atoms with Crippen molar-refractivity contribution in [3.8, 4) is 0 Å². The molecule has 1 aliphatic rings. The molecule has 2 N–H and O–H groups in total. The van der Waals surface area contributed by atoms with E-state index in [0.717, 1.165) is 38.5 Å². The van der Waals surface area contributed by atoms with E-state index in [0.29, 0.717) is 18.9 Å². The minimum atomic E-state index is -0.561. The Labute approximate surface area is 162 Å². The van der Waals surface area contributed by atoms with Crippen LogP contribution in [0.25, 0.3) is 0 Å². The van der Waals surface area contributed by atoms with Gasteiger partial charge in [-0.15, -0.1) is 0 Å². The zero-order valence-electron chi connectivity index (χ0n) is 17.4. The van der Waals surface area contributed by atoms with Crippen LogP contribution in [0.15, 0.2) is 0 Å². The fourth-order valence-corrected chi connectivity index (χ4v) is 3.26. The van der Waals surface area contributed by atoms with Crippen LogP contribution in [0.2, 0.25) is 0 Å². The number of esters is 1. The molecule has 0 heterocycles. The van der Waals surface area contributed by atoms with Crippen LogP contribution in [-0.2, 0) is 19.1 Å². The molecule has 0 aromatic rings. The van der Waals surface area contributed by atoms with Crippen LogP contribution in [0, 0.1) is 11.8 Å². The van der Waals surface area contributed by atoms with E-state index in [1.807, 2.05) is 27.7 Å². The fourth-order valence-electron chi connectivity index (χ4n) is 3.26. The van der Waals surface area contributed by atoms with Gasteiger partial charge in [0.2, 0.25) is 5.91 Å². The van der Waals surface area contributed by atoms with E-state index in [-0.39, 0.29) is 17.8 Å². The molecule has 0 saturated heterocycles. The monoisotopic (exact) mass is 384 g/mol. The lowest BCUT2D eigenvalue weighted by Crippen LogP contribution is -2.45. The number of hydrogen-bond donors (Lipinski definition) is 2. The molecular formula is C20H36N2O5. The van der Waals surface area contributed by atoms with Crippen molar-refractivity contribution in [1.29, 1.82) is 0 Å². The molecule has 156 valence electrons. The lowest BCUT2D eigenvalue weighted by molar-refractivity contribution is -0.146. The molecule has 1 atom stereocenters. The average Bonchev–Trinajstić information content (AvgIpc) is 2.61. The predicted octanol–water partition coefficient (Wildman–Crippen LogP) is 3.17. The minimum absolute atomic E-state index is 0.0694. The Bertz CT molecular complexity index is 493. The van der Waals surface area contributed by atoms with Gasteiger partial charge in [-0.2, -0.15) is 0 Å². The summed E-state index contributed by atoms with van der Waals surface area (Å²) in [7, 11) is 1.34. The molecule has 0 bridgehead atoms. The van der Waals surface area contributed by atoms with E-state index in [1.54, 1.807) is 0 Å². The molecule has 0 radical (unpaired) electrons. The summed E-state index contributed by atoms with van der Waals surface area (Å²) in [5.74, 6) is -0.193. The molecule has 0 aromatic heterocycles. The molecule has 0 unspecified atom stereocenters. The number of carbonyl (C=O) groups is 3. The highest BCUT2D eigenvalue weighted by molar-refractivity contribution is 5.85. The van der Waals surface area contributed by atoms with Gasteiger partial charge in [0.15, 0.2) is 0 Å². The molecule has 1 rings (SSSR count). The summed E-state index contributed by atoms with van der Waals surface area (Å²) >= 11 is 0. The molecule has 0 aliphatic heterocycles. The summed E-state index contributed by atoms with van der Waals surface area (Å²) < 4.78 is 10.0. The summed E-state index contributed by atoms with van der Waals surface area (Å²) in [6.07, 6.45) is 5.27. The average molecular weight is 385 g/mol. The highest BCUT2D eigenvalue weighted by Gasteiger charge is 2.30. The molecule has 7 nitrogen and oxygen atoms in total. The Morgan fingerprint density at radius 3 is 2.26 bits per heavy atom. The van der Waals surface area contributed by atoms with Gasteiger partial charge in [0.1, 0.15) is 11.6 Å². The van der Waals surface area contributed by atoms with Gasteiger partial charge in [-0.1, -0.05) is 19.8 Å². The number of carbonyl (C=O) groups excluding carboxylic acids is 3. The first-order chi connectivity index (χ1) is 12.7. The van der Waals surface area contributed by atoms with Crippen molar-refractivity contribution in [2.45, 2.75) is 84.3 Å². The summed E-state index contributed by atoms with van der Waals surface area (Å²) in [5.41, 5.74) is -0.506. The summed E-state index contributed by atoms with van der Waals surface area (Å²) in [6, 6.07) is -0.561. The van der Waals surface area contributed by atoms with E-state index >= 15 is 0 Å². The van der Waals surface area contributed by atoms with E-state index < -0.39 is 17.7 Å². The Morgan fingerprint density at radius 2 is 1.74 bits per heavy atom. The summed E-state index contributed by atoms with van der Waals surface area (Å²) in [5, 5.41) is 5.67. The third kappa shape index (κ3) is 9.11. The number of ether oxygens (including phenoxy) is 2. The maximum atomic E-state index is 12.5. The highest BCUT2D eigenvalue weighted by atomic mass is 16.6. The van der Waals surface area contributed by atoms with Gasteiger partial charge in [-0.3, -0.25) is 4.79 Å². The zero-order valence-corrected chi connectivity index (χ0v) is 17.4. The van der Waals surface area contributed by atoms with Crippen LogP contribution in [-0.4, -0.2) is 43.3 Å². The molecule has 2 amide bonds. The largest absolute Gasteiger partial charge is 0.467 e. The fraction of sp³-hybridized carbons (Fsp3) is 0.850. The first kappa shape index (κ1) is 23.2. The lowest BCUT2D eigenvalue weighted by atomic mass is 9.81. The molecule has 0 aromatic carbocycles. The Balaban J connectivity index is 2.38. The SMILES string of the molecule is CCCC[C@@H](NC(=O)C1CCC(CNC(=O)OC(C)(C)C)CC1)C(=O)OC. The van der Waals surface area contributed by atoms with Crippen LogP contribution >= 0.6 is 0 Å².